The van der Waals surface area contributed by atoms with Crippen molar-refractivity contribution in [2.45, 2.75) is 12.5 Å². The van der Waals surface area contributed by atoms with Crippen LogP contribution in [0, 0.1) is 0 Å². The van der Waals surface area contributed by atoms with Crippen molar-refractivity contribution in [3.63, 3.8) is 0 Å². The van der Waals surface area contributed by atoms with Crippen molar-refractivity contribution in [3.8, 4) is 17.2 Å². The molecular weight excluding hydrogens is 386 g/mol. The zero-order valence-corrected chi connectivity index (χ0v) is 16.2. The maximum atomic E-state index is 12.3. The van der Waals surface area contributed by atoms with Gasteiger partial charge in [0.25, 0.3) is 5.91 Å². The standard InChI is InChI=1S/C20H20ClNO6/c1-25-17-10-12(9-14(21)19(17)26-2)20(24)28-11-18(23)22-15-7-8-27-16-6-4-3-5-13(15)16/h3-6,9-10,15H,7-8,11H2,1-2H3,(H,22,23). The maximum absolute atomic E-state index is 12.3. The lowest BCUT2D eigenvalue weighted by atomic mass is 10.0. The highest BCUT2D eigenvalue weighted by Crippen LogP contribution is 2.36. The molecule has 0 saturated carbocycles. The minimum absolute atomic E-state index is 0.159. The Morgan fingerprint density at radius 2 is 2.00 bits per heavy atom. The number of hydrogen-bond donors (Lipinski definition) is 1. The molecule has 0 spiro atoms. The topological polar surface area (TPSA) is 83.1 Å². The van der Waals surface area contributed by atoms with Crippen molar-refractivity contribution in [3.05, 3.63) is 52.5 Å². The van der Waals surface area contributed by atoms with Gasteiger partial charge in [0.1, 0.15) is 5.75 Å². The van der Waals surface area contributed by atoms with Crippen LogP contribution in [-0.2, 0) is 9.53 Å². The van der Waals surface area contributed by atoms with Gasteiger partial charge in [0.15, 0.2) is 18.1 Å². The fraction of sp³-hybridized carbons (Fsp3) is 0.300. The molecule has 1 amide bonds. The van der Waals surface area contributed by atoms with Crippen molar-refractivity contribution in [2.75, 3.05) is 27.4 Å². The lowest BCUT2D eigenvalue weighted by Crippen LogP contribution is -2.35. The number of fused-ring (bicyclic) bond motifs is 1. The van der Waals surface area contributed by atoms with Crippen molar-refractivity contribution >= 4 is 23.5 Å². The molecule has 1 N–H and O–H groups in total. The average molecular weight is 406 g/mol. The van der Waals surface area contributed by atoms with Gasteiger partial charge < -0.3 is 24.3 Å². The lowest BCUT2D eigenvalue weighted by molar-refractivity contribution is -0.125. The van der Waals surface area contributed by atoms with Crippen molar-refractivity contribution in [1.29, 1.82) is 0 Å². The van der Waals surface area contributed by atoms with E-state index in [0.717, 1.165) is 11.3 Å². The molecule has 1 aliphatic heterocycles. The van der Waals surface area contributed by atoms with Gasteiger partial charge in [-0.05, 0) is 18.2 Å². The minimum Gasteiger partial charge on any atom is -0.493 e. The zero-order chi connectivity index (χ0) is 20.1. The smallest absolute Gasteiger partial charge is 0.338 e. The van der Waals surface area contributed by atoms with Gasteiger partial charge in [-0.15, -0.1) is 0 Å². The highest BCUT2D eigenvalue weighted by Gasteiger charge is 2.23. The first-order valence-electron chi connectivity index (χ1n) is 8.63. The monoisotopic (exact) mass is 405 g/mol. The summed E-state index contributed by atoms with van der Waals surface area (Å²) in [4.78, 5) is 24.5. The van der Waals surface area contributed by atoms with E-state index in [9.17, 15) is 9.59 Å². The number of nitrogens with one attached hydrogen (secondary N) is 1. The van der Waals surface area contributed by atoms with E-state index < -0.39 is 18.5 Å². The fourth-order valence-electron chi connectivity index (χ4n) is 2.98. The van der Waals surface area contributed by atoms with Crippen molar-refractivity contribution in [1.82, 2.24) is 5.32 Å². The largest absolute Gasteiger partial charge is 0.493 e. The van der Waals surface area contributed by atoms with Crippen LogP contribution in [0.25, 0.3) is 0 Å². The molecular formula is C20H20ClNO6. The van der Waals surface area contributed by atoms with Crippen LogP contribution in [0.5, 0.6) is 17.2 Å². The Labute approximate surface area is 167 Å². The third kappa shape index (κ3) is 4.31. The van der Waals surface area contributed by atoms with Crippen LogP contribution >= 0.6 is 11.6 Å². The Morgan fingerprint density at radius 1 is 1.21 bits per heavy atom. The van der Waals surface area contributed by atoms with Gasteiger partial charge in [0, 0.05) is 12.0 Å². The molecule has 0 bridgehead atoms. The Morgan fingerprint density at radius 3 is 2.75 bits per heavy atom. The van der Waals surface area contributed by atoms with E-state index >= 15 is 0 Å². The van der Waals surface area contributed by atoms with Gasteiger partial charge in [0.2, 0.25) is 0 Å². The number of esters is 1. The molecule has 1 atom stereocenters. The summed E-state index contributed by atoms with van der Waals surface area (Å²) in [6.07, 6.45) is 0.641. The molecule has 2 aromatic rings. The van der Waals surface area contributed by atoms with Crippen LogP contribution in [0.4, 0.5) is 0 Å². The van der Waals surface area contributed by atoms with Crippen LogP contribution < -0.4 is 19.5 Å². The number of carbonyl (C=O) groups excluding carboxylic acids is 2. The Balaban J connectivity index is 1.61. The molecule has 0 saturated heterocycles. The lowest BCUT2D eigenvalue weighted by Gasteiger charge is -2.26. The highest BCUT2D eigenvalue weighted by atomic mass is 35.5. The third-order valence-electron chi connectivity index (χ3n) is 4.30. The predicted molar refractivity (Wildman–Crippen MR) is 102 cm³/mol. The first kappa shape index (κ1) is 19.8. The summed E-state index contributed by atoms with van der Waals surface area (Å²) in [6.45, 7) is 0.0935. The quantitative estimate of drug-likeness (QED) is 0.743. The minimum atomic E-state index is -0.689. The number of para-hydroxylation sites is 1. The summed E-state index contributed by atoms with van der Waals surface area (Å²) in [5.41, 5.74) is 1.06. The molecule has 0 radical (unpaired) electrons. The number of rotatable bonds is 6. The molecule has 2 aromatic carbocycles. The molecule has 3 rings (SSSR count). The number of halogens is 1. The predicted octanol–water partition coefficient (Wildman–Crippen LogP) is 3.15. The molecule has 1 heterocycles. The van der Waals surface area contributed by atoms with Gasteiger partial charge in [-0.3, -0.25) is 4.79 Å². The van der Waals surface area contributed by atoms with Gasteiger partial charge in [0.05, 0.1) is 37.5 Å². The summed E-state index contributed by atoms with van der Waals surface area (Å²) in [6, 6.07) is 10.2. The number of ether oxygens (including phenoxy) is 4. The second-order valence-electron chi connectivity index (χ2n) is 6.06. The van der Waals surface area contributed by atoms with Gasteiger partial charge in [-0.25, -0.2) is 4.79 Å². The van der Waals surface area contributed by atoms with E-state index in [1.54, 1.807) is 0 Å². The molecule has 7 nitrogen and oxygen atoms in total. The fourth-order valence-corrected chi connectivity index (χ4v) is 3.27. The summed E-state index contributed by atoms with van der Waals surface area (Å²) in [5, 5.41) is 3.07. The Kier molecular flexibility index (Phi) is 6.26. The van der Waals surface area contributed by atoms with Gasteiger partial charge in [-0.1, -0.05) is 29.8 Å². The summed E-state index contributed by atoms with van der Waals surface area (Å²) >= 11 is 6.09. The van der Waals surface area contributed by atoms with Crippen LogP contribution in [0.15, 0.2) is 36.4 Å². The van der Waals surface area contributed by atoms with E-state index in [1.165, 1.54) is 26.4 Å². The Hall–Kier alpha value is -2.93. The summed E-state index contributed by atoms with van der Waals surface area (Å²) in [7, 11) is 2.88. The molecule has 8 heteroatoms. The zero-order valence-electron chi connectivity index (χ0n) is 15.5. The SMILES string of the molecule is COc1cc(C(=O)OCC(=O)NC2CCOc3ccccc32)cc(Cl)c1OC. The molecule has 1 aliphatic rings. The molecule has 0 fully saturated rings. The van der Waals surface area contributed by atoms with Gasteiger partial charge >= 0.3 is 5.97 Å². The number of benzene rings is 2. The normalized spacial score (nSPS) is 15.0. The number of carbonyl (C=O) groups is 2. The maximum Gasteiger partial charge on any atom is 0.338 e. The summed E-state index contributed by atoms with van der Waals surface area (Å²) < 4.78 is 21.0. The third-order valence-corrected chi connectivity index (χ3v) is 4.58. The highest BCUT2D eigenvalue weighted by molar-refractivity contribution is 6.32. The Bertz CT molecular complexity index is 885. The van der Waals surface area contributed by atoms with E-state index in [-0.39, 0.29) is 16.6 Å². The number of methoxy groups -OCH3 is 2. The van der Waals surface area contributed by atoms with E-state index in [1.807, 2.05) is 24.3 Å². The molecule has 0 aromatic heterocycles. The van der Waals surface area contributed by atoms with E-state index in [2.05, 4.69) is 5.32 Å². The van der Waals surface area contributed by atoms with Crippen LogP contribution in [0.2, 0.25) is 5.02 Å². The second kappa shape index (κ2) is 8.84. The summed E-state index contributed by atoms with van der Waals surface area (Å²) in [5.74, 6) is 0.268. The van der Waals surface area contributed by atoms with Crippen molar-refractivity contribution in [2.24, 2.45) is 0 Å². The number of hydrogen-bond acceptors (Lipinski definition) is 6. The van der Waals surface area contributed by atoms with Crippen LogP contribution in [-0.4, -0.2) is 39.3 Å². The average Bonchev–Trinajstić information content (AvgIpc) is 2.71. The van der Waals surface area contributed by atoms with Crippen LogP contribution in [0.1, 0.15) is 28.4 Å². The van der Waals surface area contributed by atoms with E-state index in [0.29, 0.717) is 24.5 Å². The molecule has 0 aliphatic carbocycles. The molecule has 28 heavy (non-hydrogen) atoms. The number of amides is 1. The van der Waals surface area contributed by atoms with Crippen LogP contribution in [0.3, 0.4) is 0 Å². The van der Waals surface area contributed by atoms with Crippen molar-refractivity contribution < 1.29 is 28.5 Å². The van der Waals surface area contributed by atoms with Gasteiger partial charge in [-0.2, -0.15) is 0 Å². The van der Waals surface area contributed by atoms with E-state index in [4.69, 9.17) is 30.5 Å². The first-order chi connectivity index (χ1) is 13.5. The second-order valence-corrected chi connectivity index (χ2v) is 6.47. The molecule has 148 valence electrons. The molecule has 1 unspecified atom stereocenters. The first-order valence-corrected chi connectivity index (χ1v) is 9.01.